The first-order chi connectivity index (χ1) is 18.8. The fourth-order valence-electron chi connectivity index (χ4n) is 5.08. The van der Waals surface area contributed by atoms with Crippen LogP contribution in [0.4, 0.5) is 0 Å². The van der Waals surface area contributed by atoms with Gasteiger partial charge in [-0.25, -0.2) is 4.79 Å². The number of ether oxygens (including phenoxy) is 1. The predicted octanol–water partition coefficient (Wildman–Crippen LogP) is -0.726. The second kappa shape index (κ2) is 15.6. The van der Waals surface area contributed by atoms with E-state index in [1.165, 1.54) is 21.8 Å². The number of hydrogen-bond acceptors (Lipinski definition) is 12. The Morgan fingerprint density at radius 3 is 1.37 bits per heavy atom. The summed E-state index contributed by atoms with van der Waals surface area (Å²) in [5.74, 6) is -6.06. The van der Waals surface area contributed by atoms with Crippen LogP contribution in [0.5, 0.6) is 0 Å². The number of hydrogen-bond donors (Lipinski definition) is 4. The first-order valence-electron chi connectivity index (χ1n) is 13.0. The summed E-state index contributed by atoms with van der Waals surface area (Å²) < 4.78 is 5.39. The Labute approximate surface area is 238 Å². The van der Waals surface area contributed by atoms with Crippen LogP contribution in [0.15, 0.2) is 0 Å². The van der Waals surface area contributed by atoms with Gasteiger partial charge in [-0.2, -0.15) is 0 Å². The van der Waals surface area contributed by atoms with Crippen LogP contribution in [0.2, 0.25) is 0 Å². The van der Waals surface area contributed by atoms with Gasteiger partial charge in [0, 0.05) is 45.9 Å². The van der Waals surface area contributed by atoms with Crippen molar-refractivity contribution in [2.75, 3.05) is 58.9 Å². The Morgan fingerprint density at radius 1 is 0.659 bits per heavy atom. The van der Waals surface area contributed by atoms with E-state index in [9.17, 15) is 39.0 Å². The van der Waals surface area contributed by atoms with Crippen molar-refractivity contribution in [2.24, 2.45) is 0 Å². The van der Waals surface area contributed by atoms with Gasteiger partial charge in [-0.1, -0.05) is 0 Å². The minimum absolute atomic E-state index is 0.00832. The highest BCUT2D eigenvalue weighted by Crippen LogP contribution is 2.39. The molecule has 0 unspecified atom stereocenters. The van der Waals surface area contributed by atoms with Gasteiger partial charge in [-0.15, -0.1) is 5.06 Å². The molecular formula is C25H42N4O12. The summed E-state index contributed by atoms with van der Waals surface area (Å²) in [5.41, 5.74) is -1.43. The lowest BCUT2D eigenvalue weighted by Gasteiger charge is -2.52. The molecule has 1 aliphatic heterocycles. The van der Waals surface area contributed by atoms with Crippen molar-refractivity contribution in [3.05, 3.63) is 0 Å². The van der Waals surface area contributed by atoms with Crippen molar-refractivity contribution < 1.29 is 58.8 Å². The molecule has 0 aromatic heterocycles. The number of carboxylic acids is 4. The van der Waals surface area contributed by atoms with E-state index in [-0.39, 0.29) is 32.3 Å². The van der Waals surface area contributed by atoms with Crippen molar-refractivity contribution in [1.82, 2.24) is 19.8 Å². The molecule has 0 spiro atoms. The summed E-state index contributed by atoms with van der Waals surface area (Å²) in [6, 6.07) is 0. The molecule has 16 nitrogen and oxygen atoms in total. The molecule has 0 aromatic carbocycles. The molecule has 0 amide bonds. The van der Waals surface area contributed by atoms with Gasteiger partial charge in [0.15, 0.2) is 0 Å². The fourth-order valence-corrected chi connectivity index (χ4v) is 5.08. The van der Waals surface area contributed by atoms with Gasteiger partial charge in [0.05, 0.1) is 43.8 Å². The maximum absolute atomic E-state index is 13.0. The van der Waals surface area contributed by atoms with Crippen LogP contribution in [-0.2, 0) is 38.3 Å². The van der Waals surface area contributed by atoms with E-state index >= 15 is 0 Å². The zero-order valence-electron chi connectivity index (χ0n) is 24.2. The maximum Gasteiger partial charge on any atom is 0.339 e. The fraction of sp³-hybridized carbons (Fsp3) is 0.760. The molecule has 1 rings (SSSR count). The number of esters is 1. The SMILES string of the molecule is CC(=O)OC1CC(C)(C)N(OC(=O)CN(CCN(CCN(CC(=O)O)CC(=O)O)CC(=O)O)CC(=O)O)C(C)(C)C1. The first-order valence-corrected chi connectivity index (χ1v) is 13.0. The maximum atomic E-state index is 13.0. The highest BCUT2D eigenvalue weighted by atomic mass is 16.7. The third-order valence-corrected chi connectivity index (χ3v) is 6.33. The second-order valence-corrected chi connectivity index (χ2v) is 11.3. The minimum atomic E-state index is -1.25. The Morgan fingerprint density at radius 2 is 1.00 bits per heavy atom. The van der Waals surface area contributed by atoms with Crippen LogP contribution in [0.1, 0.15) is 47.5 Å². The number of carbonyl (C=O) groups excluding carboxylic acids is 2. The lowest BCUT2D eigenvalue weighted by atomic mass is 9.80. The molecule has 0 saturated carbocycles. The largest absolute Gasteiger partial charge is 0.480 e. The lowest BCUT2D eigenvalue weighted by molar-refractivity contribution is -0.277. The highest BCUT2D eigenvalue weighted by Gasteiger charge is 2.49. The Kier molecular flexibility index (Phi) is 13.6. The quantitative estimate of drug-likeness (QED) is 0.145. The third kappa shape index (κ3) is 13.7. The molecule has 1 fully saturated rings. The monoisotopic (exact) mass is 590 g/mol. The van der Waals surface area contributed by atoms with Crippen LogP contribution in [0.25, 0.3) is 0 Å². The van der Waals surface area contributed by atoms with E-state index in [4.69, 9.17) is 19.8 Å². The van der Waals surface area contributed by atoms with E-state index in [1.54, 1.807) is 0 Å². The van der Waals surface area contributed by atoms with Gasteiger partial charge in [0.2, 0.25) is 0 Å². The van der Waals surface area contributed by atoms with Crippen molar-refractivity contribution in [3.8, 4) is 0 Å². The van der Waals surface area contributed by atoms with Gasteiger partial charge in [-0.05, 0) is 27.7 Å². The molecule has 1 saturated heterocycles. The average Bonchev–Trinajstić information content (AvgIpc) is 2.75. The van der Waals surface area contributed by atoms with Crippen molar-refractivity contribution in [2.45, 2.75) is 64.6 Å². The summed E-state index contributed by atoms with van der Waals surface area (Å²) in [4.78, 5) is 78.9. The van der Waals surface area contributed by atoms with E-state index < -0.39 is 79.6 Å². The molecule has 4 N–H and O–H groups in total. The summed E-state index contributed by atoms with van der Waals surface area (Å²) >= 11 is 0. The van der Waals surface area contributed by atoms with E-state index in [0.29, 0.717) is 12.8 Å². The number of rotatable bonds is 18. The smallest absolute Gasteiger partial charge is 0.339 e. The van der Waals surface area contributed by atoms with Crippen molar-refractivity contribution in [3.63, 3.8) is 0 Å². The van der Waals surface area contributed by atoms with Crippen LogP contribution in [0.3, 0.4) is 0 Å². The van der Waals surface area contributed by atoms with E-state index in [0.717, 1.165) is 4.90 Å². The molecule has 41 heavy (non-hydrogen) atoms. The summed E-state index contributed by atoms with van der Waals surface area (Å²) in [6.07, 6.45) is 0.415. The molecule has 0 radical (unpaired) electrons. The van der Waals surface area contributed by atoms with Crippen LogP contribution in [0, 0.1) is 0 Å². The minimum Gasteiger partial charge on any atom is -0.480 e. The van der Waals surface area contributed by atoms with E-state index in [1.807, 2.05) is 27.7 Å². The Bertz CT molecular complexity index is 936. The molecule has 1 aliphatic rings. The van der Waals surface area contributed by atoms with Crippen LogP contribution in [-0.4, -0.2) is 152 Å². The Balaban J connectivity index is 2.91. The molecular weight excluding hydrogens is 548 g/mol. The second-order valence-electron chi connectivity index (χ2n) is 11.3. The van der Waals surface area contributed by atoms with Gasteiger partial charge < -0.3 is 30.0 Å². The number of hydroxylamine groups is 2. The third-order valence-electron chi connectivity index (χ3n) is 6.33. The van der Waals surface area contributed by atoms with Gasteiger partial charge in [-0.3, -0.25) is 38.7 Å². The molecule has 1 heterocycles. The highest BCUT2D eigenvalue weighted by molar-refractivity contribution is 5.74. The molecule has 0 aromatic rings. The standard InChI is InChI=1S/C25H42N4O12/c1-17(30)40-18-10-24(2,3)29(25(4,5)11-18)41-23(39)16-28(15-22(37)38)9-7-26(12-19(31)32)6-8-27(13-20(33)34)14-21(35)36/h18H,6-16H2,1-5H3,(H,31,32)(H,33,34)(H,35,36)(H,37,38). The number of carboxylic acid groups (broad SMARTS) is 4. The number of nitrogens with zero attached hydrogens (tertiary/aromatic N) is 4. The first kappa shape index (κ1) is 35.7. The number of carbonyl (C=O) groups is 6. The van der Waals surface area contributed by atoms with Crippen molar-refractivity contribution >= 4 is 35.8 Å². The van der Waals surface area contributed by atoms with Gasteiger partial charge in [0.25, 0.3) is 0 Å². The molecule has 234 valence electrons. The number of aliphatic carboxylic acids is 4. The van der Waals surface area contributed by atoms with Crippen LogP contribution < -0.4 is 0 Å². The lowest BCUT2D eigenvalue weighted by Crippen LogP contribution is -2.63. The number of piperidine rings is 1. The summed E-state index contributed by atoms with van der Waals surface area (Å²) in [5, 5.41) is 38.2. The summed E-state index contributed by atoms with van der Waals surface area (Å²) in [6.45, 7) is 5.94. The molecule has 0 bridgehead atoms. The van der Waals surface area contributed by atoms with Gasteiger partial charge in [0.1, 0.15) is 6.10 Å². The Hall–Kier alpha value is -3.34. The topological polar surface area (TPSA) is 215 Å². The zero-order chi connectivity index (χ0) is 31.5. The van der Waals surface area contributed by atoms with E-state index in [2.05, 4.69) is 0 Å². The molecule has 0 atom stereocenters. The summed E-state index contributed by atoms with van der Waals surface area (Å²) in [7, 11) is 0. The molecule has 16 heteroatoms. The predicted molar refractivity (Wildman–Crippen MR) is 141 cm³/mol. The van der Waals surface area contributed by atoms with Crippen molar-refractivity contribution in [1.29, 1.82) is 0 Å². The van der Waals surface area contributed by atoms with Crippen LogP contribution >= 0.6 is 0 Å². The van der Waals surface area contributed by atoms with Gasteiger partial charge >= 0.3 is 35.8 Å². The average molecular weight is 591 g/mol. The molecule has 0 aliphatic carbocycles. The normalized spacial score (nSPS) is 17.0. The zero-order valence-corrected chi connectivity index (χ0v) is 24.2.